The lowest BCUT2D eigenvalue weighted by molar-refractivity contribution is 0.162. The highest BCUT2D eigenvalue weighted by Crippen LogP contribution is 2.39. The molecule has 0 amide bonds. The molecule has 0 spiro atoms. The highest BCUT2D eigenvalue weighted by molar-refractivity contribution is 7.16. The first kappa shape index (κ1) is 21.9. The number of benzene rings is 1. The minimum absolute atomic E-state index is 0.351. The Balaban J connectivity index is 1.15. The van der Waals surface area contributed by atoms with E-state index in [0.717, 1.165) is 56.9 Å². The van der Waals surface area contributed by atoms with Gasteiger partial charge in [0.15, 0.2) is 5.82 Å². The van der Waals surface area contributed by atoms with Crippen LogP contribution in [0.2, 0.25) is 0 Å². The minimum Gasteiger partial charge on any atom is -0.490 e. The summed E-state index contributed by atoms with van der Waals surface area (Å²) in [4.78, 5) is 6.26. The third-order valence-electron chi connectivity index (χ3n) is 7.63. The van der Waals surface area contributed by atoms with Gasteiger partial charge in [-0.2, -0.15) is 0 Å². The van der Waals surface area contributed by atoms with Crippen LogP contribution in [-0.4, -0.2) is 33.3 Å². The van der Waals surface area contributed by atoms with E-state index < -0.39 is 0 Å². The maximum Gasteiger partial charge on any atom is 0.156 e. The summed E-state index contributed by atoms with van der Waals surface area (Å²) < 4.78 is 11.0. The van der Waals surface area contributed by atoms with Gasteiger partial charge < -0.3 is 19.2 Å². The molecule has 1 N–H and O–H groups in total. The molecule has 3 aromatic heterocycles. The number of nitrogens with one attached hydrogen (secondary N) is 1. The summed E-state index contributed by atoms with van der Waals surface area (Å²) in [5.74, 6) is 2.80. The van der Waals surface area contributed by atoms with Gasteiger partial charge in [-0.1, -0.05) is 18.6 Å². The van der Waals surface area contributed by atoms with Crippen LogP contribution in [0, 0.1) is 0 Å². The van der Waals surface area contributed by atoms with E-state index in [0.29, 0.717) is 12.0 Å². The summed E-state index contributed by atoms with van der Waals surface area (Å²) in [5.41, 5.74) is 4.03. The smallest absolute Gasteiger partial charge is 0.156 e. The molecule has 1 saturated carbocycles. The van der Waals surface area contributed by atoms with Crippen LogP contribution < -0.4 is 10.1 Å². The van der Waals surface area contributed by atoms with Crippen molar-refractivity contribution >= 4 is 21.6 Å². The van der Waals surface area contributed by atoms with Crippen molar-refractivity contribution in [1.82, 2.24) is 19.4 Å². The van der Waals surface area contributed by atoms with E-state index in [2.05, 4.69) is 69.5 Å². The second-order valence-corrected chi connectivity index (χ2v) is 10.8. The molecule has 34 heavy (non-hydrogen) atoms. The summed E-state index contributed by atoms with van der Waals surface area (Å²) in [6.45, 7) is 3.12. The molecule has 1 saturated heterocycles. The van der Waals surface area contributed by atoms with Crippen molar-refractivity contribution in [1.29, 1.82) is 0 Å². The highest BCUT2D eigenvalue weighted by atomic mass is 32.1. The van der Waals surface area contributed by atoms with E-state index in [1.807, 2.05) is 0 Å². The van der Waals surface area contributed by atoms with Crippen LogP contribution in [0.4, 0.5) is 0 Å². The number of ether oxygens (including phenoxy) is 1. The first-order chi connectivity index (χ1) is 16.8. The standard InChI is InChI=1S/C28H34N4OS/c1-31-25(18-22-13-17-34-28(22)31)27-30-19-26(21-5-2-6-21)32(27)16-3-4-20-7-9-23(10-8-20)33-24-11-14-29-15-12-24/h7-10,13,17-19,21,24,29H,2-6,11-12,14-16H2,1H3. The zero-order chi connectivity index (χ0) is 22.9. The first-order valence-corrected chi connectivity index (χ1v) is 13.7. The zero-order valence-electron chi connectivity index (χ0n) is 20.0. The zero-order valence-corrected chi connectivity index (χ0v) is 20.8. The predicted molar refractivity (Wildman–Crippen MR) is 140 cm³/mol. The normalized spacial score (nSPS) is 17.3. The summed E-state index contributed by atoms with van der Waals surface area (Å²) in [6, 6.07) is 13.3. The molecule has 2 aliphatic rings. The number of hydrogen-bond acceptors (Lipinski definition) is 4. The van der Waals surface area contributed by atoms with Gasteiger partial charge in [-0.05, 0) is 86.8 Å². The quantitative estimate of drug-likeness (QED) is 0.334. The second-order valence-electron chi connectivity index (χ2n) is 9.87. The van der Waals surface area contributed by atoms with E-state index in [-0.39, 0.29) is 0 Å². The number of nitrogens with zero attached hydrogens (tertiary/aromatic N) is 3. The Morgan fingerprint density at radius 3 is 2.65 bits per heavy atom. The Kier molecular flexibility index (Phi) is 6.18. The van der Waals surface area contributed by atoms with E-state index in [4.69, 9.17) is 9.72 Å². The van der Waals surface area contributed by atoms with E-state index in [1.54, 1.807) is 11.3 Å². The third kappa shape index (κ3) is 4.29. The van der Waals surface area contributed by atoms with Crippen LogP contribution >= 0.6 is 11.3 Å². The van der Waals surface area contributed by atoms with Gasteiger partial charge in [0.25, 0.3) is 0 Å². The molecule has 1 aliphatic heterocycles. The van der Waals surface area contributed by atoms with Crippen molar-refractivity contribution in [3.63, 3.8) is 0 Å². The molecule has 4 aromatic rings. The van der Waals surface area contributed by atoms with Crippen molar-refractivity contribution in [2.24, 2.45) is 7.05 Å². The van der Waals surface area contributed by atoms with Crippen molar-refractivity contribution in [2.45, 2.75) is 63.5 Å². The molecule has 0 unspecified atom stereocenters. The molecule has 4 heterocycles. The Labute approximate surface area is 205 Å². The lowest BCUT2D eigenvalue weighted by Gasteiger charge is -2.27. The number of rotatable bonds is 8. The van der Waals surface area contributed by atoms with Crippen LogP contribution in [0.25, 0.3) is 21.7 Å². The number of hydrogen-bond donors (Lipinski definition) is 1. The summed E-state index contributed by atoms with van der Waals surface area (Å²) >= 11 is 1.80. The number of fused-ring (bicyclic) bond motifs is 1. The number of piperidine rings is 1. The Hall–Kier alpha value is -2.57. The molecule has 2 fully saturated rings. The van der Waals surface area contributed by atoms with Gasteiger partial charge in [0, 0.05) is 36.8 Å². The Morgan fingerprint density at radius 1 is 1.09 bits per heavy atom. The van der Waals surface area contributed by atoms with E-state index in [9.17, 15) is 0 Å². The molecule has 178 valence electrons. The second kappa shape index (κ2) is 9.59. The lowest BCUT2D eigenvalue weighted by Crippen LogP contribution is -2.34. The van der Waals surface area contributed by atoms with E-state index in [1.165, 1.54) is 46.4 Å². The van der Waals surface area contributed by atoms with Crippen LogP contribution in [0.1, 0.15) is 55.7 Å². The largest absolute Gasteiger partial charge is 0.490 e. The average Bonchev–Trinajstić information content (AvgIpc) is 3.52. The maximum absolute atomic E-state index is 6.17. The van der Waals surface area contributed by atoms with Crippen LogP contribution in [0.15, 0.2) is 48.0 Å². The van der Waals surface area contributed by atoms with Gasteiger partial charge in [0.1, 0.15) is 16.7 Å². The molecule has 6 rings (SSSR count). The fourth-order valence-electron chi connectivity index (χ4n) is 5.40. The number of aryl methyl sites for hydroxylation is 2. The number of imidazole rings is 1. The van der Waals surface area contributed by atoms with Gasteiger partial charge in [0.2, 0.25) is 0 Å². The lowest BCUT2D eigenvalue weighted by atomic mass is 9.83. The fourth-order valence-corrected chi connectivity index (χ4v) is 6.26. The summed E-state index contributed by atoms with van der Waals surface area (Å²) in [5, 5.41) is 6.88. The first-order valence-electron chi connectivity index (χ1n) is 12.8. The molecular weight excluding hydrogens is 440 g/mol. The highest BCUT2D eigenvalue weighted by Gasteiger charge is 2.26. The number of aromatic nitrogens is 3. The monoisotopic (exact) mass is 474 g/mol. The molecule has 0 radical (unpaired) electrons. The molecule has 5 nitrogen and oxygen atoms in total. The van der Waals surface area contributed by atoms with Gasteiger partial charge in [-0.25, -0.2) is 4.98 Å². The van der Waals surface area contributed by atoms with Crippen molar-refractivity contribution < 1.29 is 4.74 Å². The summed E-state index contributed by atoms with van der Waals surface area (Å²) in [7, 11) is 2.17. The maximum atomic E-state index is 6.17. The summed E-state index contributed by atoms with van der Waals surface area (Å²) in [6.07, 6.45) is 10.8. The topological polar surface area (TPSA) is 44.0 Å². The van der Waals surface area contributed by atoms with Gasteiger partial charge >= 0.3 is 0 Å². The average molecular weight is 475 g/mol. The molecule has 6 heteroatoms. The van der Waals surface area contributed by atoms with E-state index >= 15 is 0 Å². The van der Waals surface area contributed by atoms with Gasteiger partial charge in [-0.15, -0.1) is 11.3 Å². The van der Waals surface area contributed by atoms with Crippen LogP contribution in [0.3, 0.4) is 0 Å². The third-order valence-corrected chi connectivity index (χ3v) is 8.64. The molecule has 0 atom stereocenters. The SMILES string of the molecule is Cn1c(-c2ncc(C3CCC3)n2CCCc2ccc(OC3CCNCC3)cc2)cc2ccsc21. The van der Waals surface area contributed by atoms with Crippen LogP contribution in [-0.2, 0) is 20.0 Å². The molecule has 0 bridgehead atoms. The Bertz CT molecular complexity index is 1240. The molecule has 1 aliphatic carbocycles. The molecular formula is C28H34N4OS. The number of thiophene rings is 1. The fraction of sp³-hybridized carbons (Fsp3) is 0.464. The van der Waals surface area contributed by atoms with Gasteiger partial charge in [-0.3, -0.25) is 0 Å². The van der Waals surface area contributed by atoms with Crippen molar-refractivity contribution in [3.8, 4) is 17.3 Å². The van der Waals surface area contributed by atoms with Gasteiger partial charge in [0.05, 0.1) is 5.69 Å². The minimum atomic E-state index is 0.351. The van der Waals surface area contributed by atoms with Crippen molar-refractivity contribution in [3.05, 3.63) is 59.2 Å². The molecule has 1 aromatic carbocycles. The van der Waals surface area contributed by atoms with Crippen LogP contribution in [0.5, 0.6) is 5.75 Å². The Morgan fingerprint density at radius 2 is 1.91 bits per heavy atom. The predicted octanol–water partition coefficient (Wildman–Crippen LogP) is 6.13. The van der Waals surface area contributed by atoms with Crippen molar-refractivity contribution in [2.75, 3.05) is 13.1 Å².